The van der Waals surface area contributed by atoms with E-state index in [0.717, 1.165) is 25.7 Å². The zero-order valence-electron chi connectivity index (χ0n) is 8.48. The molecule has 5 nitrogen and oxygen atoms in total. The van der Waals surface area contributed by atoms with E-state index in [1.165, 1.54) is 12.4 Å². The maximum Gasteiger partial charge on any atom is 0.310 e. The number of aromatic nitrogens is 2. The maximum atomic E-state index is 11.3. The Balaban J connectivity index is 2.08. The molecular weight excluding hydrogens is 194 g/mol. The standard InChI is InChI=1S/C10H15N3O2/c11-7-3-1-2-4-8(7)15-10-9(14)12-5-6-13-10/h5-8H,1-4,11H2,(H,12,14). The van der Waals surface area contributed by atoms with Crippen LogP contribution in [0.1, 0.15) is 25.7 Å². The van der Waals surface area contributed by atoms with Gasteiger partial charge in [0, 0.05) is 18.4 Å². The van der Waals surface area contributed by atoms with E-state index in [-0.39, 0.29) is 23.6 Å². The summed E-state index contributed by atoms with van der Waals surface area (Å²) in [5.41, 5.74) is 5.62. The number of hydrogen-bond acceptors (Lipinski definition) is 4. The Morgan fingerprint density at radius 1 is 1.47 bits per heavy atom. The smallest absolute Gasteiger partial charge is 0.310 e. The zero-order valence-corrected chi connectivity index (χ0v) is 8.48. The second kappa shape index (κ2) is 4.44. The first-order chi connectivity index (χ1) is 7.27. The molecule has 0 spiro atoms. The van der Waals surface area contributed by atoms with Crippen LogP contribution >= 0.6 is 0 Å². The van der Waals surface area contributed by atoms with Crippen molar-refractivity contribution >= 4 is 0 Å². The molecule has 0 radical (unpaired) electrons. The van der Waals surface area contributed by atoms with Crippen LogP contribution < -0.4 is 16.0 Å². The normalized spacial score (nSPS) is 26.2. The van der Waals surface area contributed by atoms with Crippen LogP contribution in [0.5, 0.6) is 5.88 Å². The average molecular weight is 209 g/mol. The summed E-state index contributed by atoms with van der Waals surface area (Å²) in [7, 11) is 0. The number of aromatic amines is 1. The van der Waals surface area contributed by atoms with Crippen molar-refractivity contribution < 1.29 is 4.74 Å². The second-order valence-electron chi connectivity index (χ2n) is 3.83. The Hall–Kier alpha value is -1.36. The molecule has 1 aliphatic rings. The van der Waals surface area contributed by atoms with Gasteiger partial charge in [-0.2, -0.15) is 0 Å². The number of rotatable bonds is 2. The molecule has 0 aliphatic heterocycles. The number of ether oxygens (including phenoxy) is 1. The summed E-state index contributed by atoms with van der Waals surface area (Å²) in [4.78, 5) is 17.7. The highest BCUT2D eigenvalue weighted by Crippen LogP contribution is 2.19. The molecule has 5 heteroatoms. The summed E-state index contributed by atoms with van der Waals surface area (Å²) in [6.45, 7) is 0. The molecule has 1 heterocycles. The van der Waals surface area contributed by atoms with E-state index in [1.807, 2.05) is 0 Å². The largest absolute Gasteiger partial charge is 0.469 e. The number of H-pyrrole nitrogens is 1. The minimum Gasteiger partial charge on any atom is -0.469 e. The van der Waals surface area contributed by atoms with Crippen molar-refractivity contribution in [3.05, 3.63) is 22.7 Å². The molecule has 1 aliphatic carbocycles. The SMILES string of the molecule is NC1CCCCC1Oc1ncc[nH]c1=O. The fourth-order valence-corrected chi connectivity index (χ4v) is 1.84. The molecule has 1 fully saturated rings. The van der Waals surface area contributed by atoms with Crippen LogP contribution in [-0.2, 0) is 0 Å². The fourth-order valence-electron chi connectivity index (χ4n) is 1.84. The van der Waals surface area contributed by atoms with Crippen molar-refractivity contribution in [2.45, 2.75) is 37.8 Å². The van der Waals surface area contributed by atoms with Gasteiger partial charge in [0.05, 0.1) is 0 Å². The van der Waals surface area contributed by atoms with E-state index in [4.69, 9.17) is 10.5 Å². The van der Waals surface area contributed by atoms with Gasteiger partial charge in [-0.25, -0.2) is 4.98 Å². The molecule has 1 saturated carbocycles. The first-order valence-electron chi connectivity index (χ1n) is 5.23. The van der Waals surface area contributed by atoms with Gasteiger partial charge in [-0.3, -0.25) is 4.79 Å². The van der Waals surface area contributed by atoms with Crippen molar-refractivity contribution in [1.82, 2.24) is 9.97 Å². The summed E-state index contributed by atoms with van der Waals surface area (Å²) in [6.07, 6.45) is 7.01. The van der Waals surface area contributed by atoms with Gasteiger partial charge in [-0.15, -0.1) is 0 Å². The highest BCUT2D eigenvalue weighted by atomic mass is 16.5. The van der Waals surface area contributed by atoms with Gasteiger partial charge in [0.2, 0.25) is 0 Å². The van der Waals surface area contributed by atoms with Gasteiger partial charge >= 0.3 is 5.56 Å². The molecule has 82 valence electrons. The molecule has 15 heavy (non-hydrogen) atoms. The third-order valence-electron chi connectivity index (χ3n) is 2.69. The number of hydrogen-bond donors (Lipinski definition) is 2. The van der Waals surface area contributed by atoms with Gasteiger partial charge in [-0.1, -0.05) is 6.42 Å². The monoisotopic (exact) mass is 209 g/mol. The van der Waals surface area contributed by atoms with Crippen molar-refractivity contribution in [2.24, 2.45) is 5.73 Å². The Morgan fingerprint density at radius 3 is 3.00 bits per heavy atom. The van der Waals surface area contributed by atoms with E-state index in [2.05, 4.69) is 9.97 Å². The number of nitrogens with one attached hydrogen (secondary N) is 1. The first kappa shape index (κ1) is 10.2. The molecule has 2 atom stereocenters. The summed E-state index contributed by atoms with van der Waals surface area (Å²) in [5, 5.41) is 0. The fraction of sp³-hybridized carbons (Fsp3) is 0.600. The van der Waals surface area contributed by atoms with Crippen molar-refractivity contribution in [3.8, 4) is 5.88 Å². The van der Waals surface area contributed by atoms with E-state index < -0.39 is 0 Å². The van der Waals surface area contributed by atoms with Crippen molar-refractivity contribution in [2.75, 3.05) is 0 Å². The maximum absolute atomic E-state index is 11.3. The Labute approximate surface area is 87.7 Å². The van der Waals surface area contributed by atoms with Gasteiger partial charge in [0.1, 0.15) is 6.10 Å². The van der Waals surface area contributed by atoms with Crippen LogP contribution in [-0.4, -0.2) is 22.1 Å². The molecular formula is C10H15N3O2. The lowest BCUT2D eigenvalue weighted by Gasteiger charge is -2.28. The summed E-state index contributed by atoms with van der Waals surface area (Å²) in [6, 6.07) is 0.0140. The van der Waals surface area contributed by atoms with Crippen LogP contribution in [0.15, 0.2) is 17.2 Å². The summed E-state index contributed by atoms with van der Waals surface area (Å²) < 4.78 is 5.52. The van der Waals surface area contributed by atoms with Gasteiger partial charge in [0.25, 0.3) is 5.88 Å². The van der Waals surface area contributed by atoms with Gasteiger partial charge < -0.3 is 15.5 Å². The minimum atomic E-state index is -0.296. The lowest BCUT2D eigenvalue weighted by Crippen LogP contribution is -2.42. The van der Waals surface area contributed by atoms with Gasteiger partial charge in [-0.05, 0) is 19.3 Å². The van der Waals surface area contributed by atoms with E-state index in [9.17, 15) is 4.79 Å². The Bertz CT molecular complexity index is 377. The average Bonchev–Trinajstić information content (AvgIpc) is 2.24. The molecule has 0 bridgehead atoms. The highest BCUT2D eigenvalue weighted by Gasteiger charge is 2.24. The summed E-state index contributed by atoms with van der Waals surface area (Å²) >= 11 is 0. The topological polar surface area (TPSA) is 81.0 Å². The van der Waals surface area contributed by atoms with Gasteiger partial charge in [0.15, 0.2) is 0 Å². The zero-order chi connectivity index (χ0) is 10.7. The van der Waals surface area contributed by atoms with Crippen LogP contribution in [0, 0.1) is 0 Å². The molecule has 2 rings (SSSR count). The third kappa shape index (κ3) is 2.36. The Morgan fingerprint density at radius 2 is 2.27 bits per heavy atom. The van der Waals surface area contributed by atoms with E-state index in [0.29, 0.717) is 0 Å². The molecule has 0 aromatic carbocycles. The number of nitrogens with zero attached hydrogens (tertiary/aromatic N) is 1. The molecule has 0 amide bonds. The quantitative estimate of drug-likeness (QED) is 0.739. The molecule has 2 unspecified atom stereocenters. The van der Waals surface area contributed by atoms with Crippen molar-refractivity contribution in [3.63, 3.8) is 0 Å². The lowest BCUT2D eigenvalue weighted by atomic mass is 9.93. The first-order valence-corrected chi connectivity index (χ1v) is 5.23. The predicted octanol–water partition coefficient (Wildman–Crippen LogP) is 0.419. The summed E-state index contributed by atoms with van der Waals surface area (Å²) in [5.74, 6) is 0.125. The molecule has 1 aromatic rings. The predicted molar refractivity (Wildman–Crippen MR) is 55.7 cm³/mol. The highest BCUT2D eigenvalue weighted by molar-refractivity contribution is 5.04. The minimum absolute atomic E-state index is 0.0140. The molecule has 0 saturated heterocycles. The number of nitrogens with two attached hydrogens (primary N) is 1. The molecule has 1 aromatic heterocycles. The van der Waals surface area contributed by atoms with E-state index in [1.54, 1.807) is 0 Å². The Kier molecular flexibility index (Phi) is 3.01. The third-order valence-corrected chi connectivity index (χ3v) is 2.69. The van der Waals surface area contributed by atoms with Crippen LogP contribution in [0.4, 0.5) is 0 Å². The van der Waals surface area contributed by atoms with Crippen LogP contribution in [0.2, 0.25) is 0 Å². The van der Waals surface area contributed by atoms with E-state index >= 15 is 0 Å². The lowest BCUT2D eigenvalue weighted by molar-refractivity contribution is 0.124. The molecule has 3 N–H and O–H groups in total. The second-order valence-corrected chi connectivity index (χ2v) is 3.83. The van der Waals surface area contributed by atoms with Crippen LogP contribution in [0.3, 0.4) is 0 Å². The van der Waals surface area contributed by atoms with Crippen LogP contribution in [0.25, 0.3) is 0 Å². The van der Waals surface area contributed by atoms with Crippen molar-refractivity contribution in [1.29, 1.82) is 0 Å².